The Morgan fingerprint density at radius 1 is 1.32 bits per heavy atom. The van der Waals surface area contributed by atoms with Gasteiger partial charge in [-0.05, 0) is 31.3 Å². The van der Waals surface area contributed by atoms with Crippen LogP contribution >= 0.6 is 15.9 Å². The zero-order valence-corrected chi connectivity index (χ0v) is 12.6. The van der Waals surface area contributed by atoms with Crippen molar-refractivity contribution >= 4 is 15.9 Å². The molecule has 0 aliphatic carbocycles. The molecule has 2 nitrogen and oxygen atoms in total. The molecule has 1 aromatic rings. The molecule has 0 unspecified atom stereocenters. The summed E-state index contributed by atoms with van der Waals surface area (Å²) in [5.41, 5.74) is -0.271. The summed E-state index contributed by atoms with van der Waals surface area (Å²) in [6.45, 7) is 4.62. The van der Waals surface area contributed by atoms with Gasteiger partial charge in [-0.25, -0.2) is 0 Å². The third-order valence-corrected chi connectivity index (χ3v) is 3.23. The van der Waals surface area contributed by atoms with E-state index in [1.807, 2.05) is 18.9 Å². The Kier molecular flexibility index (Phi) is 6.29. The molecule has 0 saturated heterocycles. The maximum atomic E-state index is 12.9. The van der Waals surface area contributed by atoms with Gasteiger partial charge in [0.1, 0.15) is 0 Å². The van der Waals surface area contributed by atoms with E-state index in [4.69, 9.17) is 0 Å². The topological polar surface area (TPSA) is 15.3 Å². The number of rotatable bonds is 6. The molecule has 6 heteroatoms. The van der Waals surface area contributed by atoms with E-state index < -0.39 is 11.7 Å². The van der Waals surface area contributed by atoms with Crippen molar-refractivity contribution in [1.29, 1.82) is 0 Å². The van der Waals surface area contributed by atoms with Crippen molar-refractivity contribution in [3.63, 3.8) is 0 Å². The molecule has 0 fully saturated rings. The fraction of sp³-hybridized carbons (Fsp3) is 0.538. The second kappa shape index (κ2) is 7.26. The standard InChI is InChI=1S/C13H18BrF3N2/c1-3-18-6-7-19(2)9-10-4-5-11(14)8-12(10)13(15,16)17/h4-5,8,18H,3,6-7,9H2,1-2H3. The summed E-state index contributed by atoms with van der Waals surface area (Å²) in [5.74, 6) is 0. The van der Waals surface area contributed by atoms with E-state index in [1.54, 1.807) is 6.07 Å². The first kappa shape index (κ1) is 16.5. The maximum absolute atomic E-state index is 12.9. The van der Waals surface area contributed by atoms with Gasteiger partial charge in [-0.15, -0.1) is 0 Å². The Bertz CT molecular complexity index is 407. The van der Waals surface area contributed by atoms with E-state index in [2.05, 4.69) is 21.2 Å². The highest BCUT2D eigenvalue weighted by atomic mass is 79.9. The van der Waals surface area contributed by atoms with Crippen LogP contribution in [0.25, 0.3) is 0 Å². The molecule has 0 saturated carbocycles. The number of nitrogens with zero attached hydrogens (tertiary/aromatic N) is 1. The SMILES string of the molecule is CCNCCN(C)Cc1ccc(Br)cc1C(F)(F)F. The lowest BCUT2D eigenvalue weighted by molar-refractivity contribution is -0.138. The Balaban J connectivity index is 2.77. The van der Waals surface area contributed by atoms with E-state index in [-0.39, 0.29) is 6.54 Å². The van der Waals surface area contributed by atoms with Gasteiger partial charge in [0.05, 0.1) is 5.56 Å². The van der Waals surface area contributed by atoms with Crippen molar-refractivity contribution in [3.05, 3.63) is 33.8 Å². The van der Waals surface area contributed by atoms with Crippen LogP contribution in [0.5, 0.6) is 0 Å². The number of benzene rings is 1. The van der Waals surface area contributed by atoms with Gasteiger partial charge >= 0.3 is 6.18 Å². The molecule has 1 rings (SSSR count). The third-order valence-electron chi connectivity index (χ3n) is 2.74. The van der Waals surface area contributed by atoms with Gasteiger partial charge < -0.3 is 10.2 Å². The average Bonchev–Trinajstić information content (AvgIpc) is 2.30. The maximum Gasteiger partial charge on any atom is 0.416 e. The quantitative estimate of drug-likeness (QED) is 0.798. The molecule has 0 aromatic heterocycles. The fourth-order valence-electron chi connectivity index (χ4n) is 1.77. The highest BCUT2D eigenvalue weighted by Gasteiger charge is 2.33. The van der Waals surface area contributed by atoms with E-state index in [0.717, 1.165) is 19.2 Å². The normalized spacial score (nSPS) is 12.2. The number of likely N-dealkylation sites (N-methyl/N-ethyl adjacent to an activating group) is 2. The monoisotopic (exact) mass is 338 g/mol. The third kappa shape index (κ3) is 5.50. The first-order valence-electron chi connectivity index (χ1n) is 6.09. The van der Waals surface area contributed by atoms with Gasteiger partial charge in [-0.3, -0.25) is 0 Å². The summed E-state index contributed by atoms with van der Waals surface area (Å²) in [4.78, 5) is 1.88. The second-order valence-electron chi connectivity index (χ2n) is 4.39. The fourth-order valence-corrected chi connectivity index (χ4v) is 2.13. The molecule has 0 spiro atoms. The minimum Gasteiger partial charge on any atom is -0.316 e. The molecule has 19 heavy (non-hydrogen) atoms. The van der Waals surface area contributed by atoms with Crippen LogP contribution in [-0.4, -0.2) is 31.6 Å². The lowest BCUT2D eigenvalue weighted by Crippen LogP contribution is -2.29. The van der Waals surface area contributed by atoms with Crippen molar-refractivity contribution < 1.29 is 13.2 Å². The van der Waals surface area contributed by atoms with E-state index in [1.165, 1.54) is 6.07 Å². The summed E-state index contributed by atoms with van der Waals surface area (Å²) < 4.78 is 39.2. The number of hydrogen-bond acceptors (Lipinski definition) is 2. The largest absolute Gasteiger partial charge is 0.416 e. The molecule has 0 aliphatic rings. The van der Waals surface area contributed by atoms with Crippen molar-refractivity contribution in [3.8, 4) is 0 Å². The number of halogens is 4. The molecule has 0 atom stereocenters. The van der Waals surface area contributed by atoms with Gasteiger partial charge in [0.25, 0.3) is 0 Å². The van der Waals surface area contributed by atoms with Crippen LogP contribution < -0.4 is 5.32 Å². The highest BCUT2D eigenvalue weighted by molar-refractivity contribution is 9.10. The van der Waals surface area contributed by atoms with Gasteiger partial charge in [0.15, 0.2) is 0 Å². The smallest absolute Gasteiger partial charge is 0.316 e. The van der Waals surface area contributed by atoms with Crippen LogP contribution in [0.1, 0.15) is 18.1 Å². The zero-order valence-electron chi connectivity index (χ0n) is 11.0. The van der Waals surface area contributed by atoms with Gasteiger partial charge in [-0.1, -0.05) is 28.9 Å². The number of nitrogens with one attached hydrogen (secondary N) is 1. The molecule has 108 valence electrons. The van der Waals surface area contributed by atoms with Gasteiger partial charge in [0, 0.05) is 24.1 Å². The van der Waals surface area contributed by atoms with Crippen LogP contribution in [0.4, 0.5) is 13.2 Å². The molecule has 0 amide bonds. The lowest BCUT2D eigenvalue weighted by atomic mass is 10.1. The first-order valence-corrected chi connectivity index (χ1v) is 6.88. The van der Waals surface area contributed by atoms with Crippen molar-refractivity contribution in [2.45, 2.75) is 19.6 Å². The minimum atomic E-state index is -4.32. The average molecular weight is 339 g/mol. The molecule has 0 aliphatic heterocycles. The molecular formula is C13H18BrF3N2. The van der Waals surface area contributed by atoms with E-state index >= 15 is 0 Å². The van der Waals surface area contributed by atoms with Gasteiger partial charge in [-0.2, -0.15) is 13.2 Å². The molecule has 0 radical (unpaired) electrons. The minimum absolute atomic E-state index is 0.285. The molecule has 1 aromatic carbocycles. The highest BCUT2D eigenvalue weighted by Crippen LogP contribution is 2.34. The van der Waals surface area contributed by atoms with E-state index in [9.17, 15) is 13.2 Å². The summed E-state index contributed by atoms with van der Waals surface area (Å²) >= 11 is 3.08. The molecular weight excluding hydrogens is 321 g/mol. The molecule has 0 heterocycles. The Morgan fingerprint density at radius 3 is 2.58 bits per heavy atom. The van der Waals surface area contributed by atoms with Crippen LogP contribution in [0.3, 0.4) is 0 Å². The molecule has 1 N–H and O–H groups in total. The van der Waals surface area contributed by atoms with Gasteiger partial charge in [0.2, 0.25) is 0 Å². The lowest BCUT2D eigenvalue weighted by Gasteiger charge is -2.20. The Hall–Kier alpha value is -0.590. The number of hydrogen-bond donors (Lipinski definition) is 1. The van der Waals surface area contributed by atoms with Crippen molar-refractivity contribution in [2.75, 3.05) is 26.7 Å². The summed E-state index contributed by atoms with van der Waals surface area (Å²) in [5, 5.41) is 3.15. The van der Waals surface area contributed by atoms with Crippen molar-refractivity contribution in [1.82, 2.24) is 10.2 Å². The first-order chi connectivity index (χ1) is 8.84. The predicted octanol–water partition coefficient (Wildman–Crippen LogP) is 3.51. The predicted molar refractivity (Wildman–Crippen MR) is 74.0 cm³/mol. The van der Waals surface area contributed by atoms with Crippen LogP contribution in [0.15, 0.2) is 22.7 Å². The second-order valence-corrected chi connectivity index (χ2v) is 5.31. The van der Waals surface area contributed by atoms with Crippen LogP contribution in [0.2, 0.25) is 0 Å². The summed E-state index contributed by atoms with van der Waals surface area (Å²) in [7, 11) is 1.82. The Labute approximate surface area is 120 Å². The van der Waals surface area contributed by atoms with E-state index in [0.29, 0.717) is 16.6 Å². The summed E-state index contributed by atoms with van der Waals surface area (Å²) in [6, 6.07) is 4.30. The molecule has 0 bridgehead atoms. The zero-order chi connectivity index (χ0) is 14.5. The summed E-state index contributed by atoms with van der Waals surface area (Å²) in [6.07, 6.45) is -4.32. The van der Waals surface area contributed by atoms with Crippen molar-refractivity contribution in [2.24, 2.45) is 0 Å². The Morgan fingerprint density at radius 2 is 2.00 bits per heavy atom. The van der Waals surface area contributed by atoms with Crippen LogP contribution in [-0.2, 0) is 12.7 Å². The van der Waals surface area contributed by atoms with Crippen LogP contribution in [0, 0.1) is 0 Å². The number of alkyl halides is 3.